The summed E-state index contributed by atoms with van der Waals surface area (Å²) in [4.78, 5) is 34.0. The molecule has 2 N–H and O–H groups in total. The average Bonchev–Trinajstić information content (AvgIpc) is 2.42. The quantitative estimate of drug-likeness (QED) is 0.811. The van der Waals surface area contributed by atoms with Gasteiger partial charge in [-0.15, -0.1) is 0 Å². The smallest absolute Gasteiger partial charge is 0.411 e. The zero-order valence-electron chi connectivity index (χ0n) is 10.9. The molecule has 7 nitrogen and oxygen atoms in total. The van der Waals surface area contributed by atoms with E-state index in [0.29, 0.717) is 4.90 Å². The lowest BCUT2D eigenvalue weighted by molar-refractivity contribution is -0.144. The van der Waals surface area contributed by atoms with Crippen molar-refractivity contribution in [3.8, 4) is 0 Å². The van der Waals surface area contributed by atoms with Gasteiger partial charge in [0.05, 0.1) is 0 Å². The predicted octanol–water partition coefficient (Wildman–Crippen LogP) is 1.18. The van der Waals surface area contributed by atoms with Gasteiger partial charge in [-0.3, -0.25) is 9.69 Å². The van der Waals surface area contributed by atoms with E-state index in [1.807, 2.05) is 0 Å². The Hall–Kier alpha value is -2.57. The fourth-order valence-electron chi connectivity index (χ4n) is 1.44. The first-order valence-corrected chi connectivity index (χ1v) is 5.83. The molecule has 7 heteroatoms. The summed E-state index contributed by atoms with van der Waals surface area (Å²) in [5.74, 6) is -2.61. The molecule has 1 amide bonds. The van der Waals surface area contributed by atoms with Crippen LogP contribution in [0.15, 0.2) is 30.3 Å². The van der Waals surface area contributed by atoms with E-state index in [1.54, 1.807) is 30.3 Å². The second-order valence-corrected chi connectivity index (χ2v) is 4.08. The lowest BCUT2D eigenvalue weighted by atomic mass is 10.2. The summed E-state index contributed by atoms with van der Waals surface area (Å²) in [6.45, 7) is 0.429. The molecule has 1 rings (SSSR count). The normalized spacial score (nSPS) is 11.4. The Balaban J connectivity index is 2.68. The van der Waals surface area contributed by atoms with Crippen molar-refractivity contribution in [2.75, 3.05) is 6.54 Å². The maximum atomic E-state index is 11.8. The Morgan fingerprint density at radius 3 is 2.30 bits per heavy atom. The molecule has 0 aliphatic carbocycles. The first-order chi connectivity index (χ1) is 9.41. The lowest BCUT2D eigenvalue weighted by Gasteiger charge is -2.23. The number of benzene rings is 1. The van der Waals surface area contributed by atoms with Gasteiger partial charge < -0.3 is 14.9 Å². The second-order valence-electron chi connectivity index (χ2n) is 4.08. The van der Waals surface area contributed by atoms with E-state index in [9.17, 15) is 14.4 Å². The number of carboxylic acid groups (broad SMARTS) is 2. The molecule has 1 unspecified atom stereocenters. The largest absolute Gasteiger partial charge is 0.480 e. The first kappa shape index (κ1) is 15.5. The molecule has 0 aliphatic heterocycles. The monoisotopic (exact) mass is 281 g/mol. The molecular weight excluding hydrogens is 266 g/mol. The number of carbonyl (C=O) groups is 3. The Morgan fingerprint density at radius 1 is 1.20 bits per heavy atom. The van der Waals surface area contributed by atoms with Crippen molar-refractivity contribution in [2.24, 2.45) is 0 Å². The molecule has 1 aromatic rings. The second kappa shape index (κ2) is 7.13. The molecule has 0 fully saturated rings. The van der Waals surface area contributed by atoms with Crippen LogP contribution in [0.25, 0.3) is 0 Å². The van der Waals surface area contributed by atoms with Crippen molar-refractivity contribution in [2.45, 2.75) is 19.6 Å². The molecular formula is C13H15NO6. The number of amides is 1. The van der Waals surface area contributed by atoms with Crippen LogP contribution in [-0.2, 0) is 20.9 Å². The van der Waals surface area contributed by atoms with Crippen LogP contribution >= 0.6 is 0 Å². The van der Waals surface area contributed by atoms with Crippen LogP contribution in [0.4, 0.5) is 4.79 Å². The minimum atomic E-state index is -1.31. The van der Waals surface area contributed by atoms with Crippen LogP contribution in [-0.4, -0.2) is 45.7 Å². The Bertz CT molecular complexity index is 487. The molecule has 0 bridgehead atoms. The van der Waals surface area contributed by atoms with E-state index in [4.69, 9.17) is 14.9 Å². The van der Waals surface area contributed by atoms with Crippen molar-refractivity contribution >= 4 is 18.0 Å². The lowest BCUT2D eigenvalue weighted by Crippen LogP contribution is -2.46. The summed E-state index contributed by atoms with van der Waals surface area (Å²) in [5.41, 5.74) is 0.721. The van der Waals surface area contributed by atoms with Gasteiger partial charge in [-0.2, -0.15) is 0 Å². The van der Waals surface area contributed by atoms with Gasteiger partial charge >= 0.3 is 18.0 Å². The van der Waals surface area contributed by atoms with Crippen molar-refractivity contribution < 1.29 is 29.3 Å². The van der Waals surface area contributed by atoms with Gasteiger partial charge in [0.25, 0.3) is 0 Å². The molecule has 0 spiro atoms. The fourth-order valence-corrected chi connectivity index (χ4v) is 1.44. The average molecular weight is 281 g/mol. The van der Waals surface area contributed by atoms with Crippen LogP contribution in [0.1, 0.15) is 12.5 Å². The molecule has 20 heavy (non-hydrogen) atoms. The summed E-state index contributed by atoms with van der Waals surface area (Å²) in [6, 6.07) is 7.50. The van der Waals surface area contributed by atoms with E-state index in [2.05, 4.69) is 0 Å². The fraction of sp³-hybridized carbons (Fsp3) is 0.308. The summed E-state index contributed by atoms with van der Waals surface area (Å²) in [7, 11) is 0. The van der Waals surface area contributed by atoms with Gasteiger partial charge in [0.15, 0.2) is 0 Å². The minimum Gasteiger partial charge on any atom is -0.480 e. The molecule has 1 atom stereocenters. The zero-order chi connectivity index (χ0) is 15.1. The molecule has 0 aliphatic rings. The first-order valence-electron chi connectivity index (χ1n) is 5.83. The van der Waals surface area contributed by atoms with Gasteiger partial charge in [0.2, 0.25) is 0 Å². The summed E-state index contributed by atoms with van der Waals surface area (Å²) in [5, 5.41) is 17.6. The molecule has 108 valence electrons. The molecule has 0 heterocycles. The van der Waals surface area contributed by atoms with E-state index >= 15 is 0 Å². The van der Waals surface area contributed by atoms with Crippen LogP contribution in [0, 0.1) is 0 Å². The Morgan fingerprint density at radius 2 is 1.80 bits per heavy atom. The van der Waals surface area contributed by atoms with Crippen LogP contribution in [0.3, 0.4) is 0 Å². The number of carbonyl (C=O) groups excluding carboxylic acids is 1. The summed E-state index contributed by atoms with van der Waals surface area (Å²) in [6.07, 6.45) is -0.980. The van der Waals surface area contributed by atoms with Crippen molar-refractivity contribution in [1.82, 2.24) is 4.90 Å². The van der Waals surface area contributed by atoms with Crippen LogP contribution < -0.4 is 0 Å². The Kier molecular flexibility index (Phi) is 5.52. The van der Waals surface area contributed by atoms with E-state index < -0.39 is 30.6 Å². The number of rotatable bonds is 6. The highest BCUT2D eigenvalue weighted by atomic mass is 16.6. The third-order valence-electron chi connectivity index (χ3n) is 2.57. The third kappa shape index (κ3) is 4.60. The summed E-state index contributed by atoms with van der Waals surface area (Å²) < 4.78 is 4.92. The highest BCUT2D eigenvalue weighted by Crippen LogP contribution is 2.06. The van der Waals surface area contributed by atoms with Crippen molar-refractivity contribution in [1.29, 1.82) is 0 Å². The molecule has 0 saturated heterocycles. The van der Waals surface area contributed by atoms with E-state index in [0.717, 1.165) is 5.56 Å². The zero-order valence-corrected chi connectivity index (χ0v) is 10.9. The number of ether oxygens (including phenoxy) is 1. The minimum absolute atomic E-state index is 0.0534. The number of aliphatic carboxylic acids is 2. The highest BCUT2D eigenvalue weighted by molar-refractivity contribution is 5.83. The van der Waals surface area contributed by atoms with E-state index in [1.165, 1.54) is 6.92 Å². The molecule has 0 saturated carbocycles. The number of hydrogen-bond donors (Lipinski definition) is 2. The standard InChI is InChI=1S/C13H15NO6/c1-9(12(17)18)14(7-11(15)16)13(19)20-8-10-5-3-2-4-6-10/h2-6,9H,7-8H2,1H3,(H,15,16)(H,17,18). The summed E-state index contributed by atoms with van der Waals surface area (Å²) >= 11 is 0. The predicted molar refractivity (Wildman–Crippen MR) is 68.1 cm³/mol. The molecule has 0 aromatic heterocycles. The molecule has 1 aromatic carbocycles. The maximum Gasteiger partial charge on any atom is 0.411 e. The third-order valence-corrected chi connectivity index (χ3v) is 2.57. The van der Waals surface area contributed by atoms with Gasteiger partial charge in [-0.1, -0.05) is 30.3 Å². The maximum absolute atomic E-state index is 11.8. The van der Waals surface area contributed by atoms with Crippen LogP contribution in [0.2, 0.25) is 0 Å². The number of hydrogen-bond acceptors (Lipinski definition) is 4. The van der Waals surface area contributed by atoms with Gasteiger partial charge in [-0.25, -0.2) is 9.59 Å². The SMILES string of the molecule is CC(C(=O)O)N(CC(=O)O)C(=O)OCc1ccccc1. The van der Waals surface area contributed by atoms with Crippen LogP contribution in [0.5, 0.6) is 0 Å². The van der Waals surface area contributed by atoms with Gasteiger partial charge in [0, 0.05) is 0 Å². The van der Waals surface area contributed by atoms with Crippen molar-refractivity contribution in [3.63, 3.8) is 0 Å². The highest BCUT2D eigenvalue weighted by Gasteiger charge is 2.28. The molecule has 0 radical (unpaired) electrons. The van der Waals surface area contributed by atoms with Gasteiger partial charge in [-0.05, 0) is 12.5 Å². The number of nitrogens with zero attached hydrogens (tertiary/aromatic N) is 1. The van der Waals surface area contributed by atoms with Crippen molar-refractivity contribution in [3.05, 3.63) is 35.9 Å². The Labute approximate surface area is 115 Å². The van der Waals surface area contributed by atoms with E-state index in [-0.39, 0.29) is 6.61 Å². The van der Waals surface area contributed by atoms with Gasteiger partial charge in [0.1, 0.15) is 19.2 Å². The number of carboxylic acids is 2. The topological polar surface area (TPSA) is 104 Å².